The number of carboxylic acids is 1. The maximum absolute atomic E-state index is 11.9. The van der Waals surface area contributed by atoms with E-state index in [1.807, 2.05) is 18.8 Å². The first-order chi connectivity index (χ1) is 10.9. The number of urea groups is 1. The highest BCUT2D eigenvalue weighted by atomic mass is 32.2. The molecule has 2 N–H and O–H groups in total. The maximum Gasteiger partial charge on any atom is 0.317 e. The molecule has 0 saturated carbocycles. The van der Waals surface area contributed by atoms with Crippen molar-refractivity contribution in [2.75, 3.05) is 26.4 Å². The van der Waals surface area contributed by atoms with Crippen molar-refractivity contribution < 1.29 is 19.5 Å². The Morgan fingerprint density at radius 1 is 1.39 bits per heavy atom. The summed E-state index contributed by atoms with van der Waals surface area (Å²) >= 11 is 1.90. The predicted molar refractivity (Wildman–Crippen MR) is 88.5 cm³/mol. The van der Waals surface area contributed by atoms with E-state index in [0.29, 0.717) is 11.7 Å². The van der Waals surface area contributed by atoms with E-state index in [0.717, 1.165) is 25.0 Å². The number of nitrogens with zero attached hydrogens (tertiary/aromatic N) is 2. The summed E-state index contributed by atoms with van der Waals surface area (Å²) < 4.78 is 0. The van der Waals surface area contributed by atoms with Crippen LogP contribution in [0.3, 0.4) is 0 Å². The lowest BCUT2D eigenvalue weighted by Crippen LogP contribution is -2.38. The van der Waals surface area contributed by atoms with Crippen LogP contribution in [0.5, 0.6) is 0 Å². The second-order valence-electron chi connectivity index (χ2n) is 6.23. The smallest absolute Gasteiger partial charge is 0.317 e. The fraction of sp³-hybridized carbons (Fsp3) is 0.800. The van der Waals surface area contributed by atoms with E-state index in [-0.39, 0.29) is 37.0 Å². The van der Waals surface area contributed by atoms with Crippen molar-refractivity contribution >= 4 is 29.7 Å². The first kappa shape index (κ1) is 17.9. The van der Waals surface area contributed by atoms with E-state index in [1.165, 1.54) is 4.90 Å². The van der Waals surface area contributed by atoms with Crippen molar-refractivity contribution in [1.29, 1.82) is 0 Å². The molecule has 3 amide bonds. The van der Waals surface area contributed by atoms with Gasteiger partial charge >= 0.3 is 12.0 Å². The van der Waals surface area contributed by atoms with Crippen LogP contribution < -0.4 is 5.32 Å². The van der Waals surface area contributed by atoms with Gasteiger partial charge in [-0.2, -0.15) is 11.8 Å². The Balaban J connectivity index is 1.65. The summed E-state index contributed by atoms with van der Waals surface area (Å²) in [4.78, 5) is 37.3. The van der Waals surface area contributed by atoms with E-state index in [9.17, 15) is 14.4 Å². The third-order valence-electron chi connectivity index (χ3n) is 4.58. The molecule has 8 heteroatoms. The van der Waals surface area contributed by atoms with Gasteiger partial charge in [0.2, 0.25) is 5.91 Å². The maximum atomic E-state index is 11.9. The Labute approximate surface area is 140 Å². The molecule has 130 valence electrons. The van der Waals surface area contributed by atoms with E-state index >= 15 is 0 Å². The second-order valence-corrected chi connectivity index (χ2v) is 7.51. The number of fused-ring (bicyclic) bond motifs is 1. The number of unbranched alkanes of at least 4 members (excludes halogenated alkanes) is 1. The molecule has 0 spiro atoms. The number of carbonyl (C=O) groups is 3. The summed E-state index contributed by atoms with van der Waals surface area (Å²) in [6, 6.07) is 0.535. The van der Waals surface area contributed by atoms with Crippen LogP contribution in [0.15, 0.2) is 0 Å². The number of hydrogen-bond donors (Lipinski definition) is 2. The van der Waals surface area contributed by atoms with E-state index in [4.69, 9.17) is 5.11 Å². The molecule has 2 fully saturated rings. The summed E-state index contributed by atoms with van der Waals surface area (Å²) in [5, 5.41) is 12.1. The molecule has 3 atom stereocenters. The number of nitrogens with one attached hydrogen (secondary N) is 1. The molecule has 0 aromatic carbocycles. The lowest BCUT2D eigenvalue weighted by atomic mass is 10.0. The normalized spacial score (nSPS) is 26.1. The lowest BCUT2D eigenvalue weighted by Gasteiger charge is -2.23. The SMILES string of the molecule is CN(CCC(=O)O)C(=O)CCCC[C@@H]1SCC2NC(=O)N(C)[C@@H]21. The van der Waals surface area contributed by atoms with Crippen LogP contribution in [0, 0.1) is 0 Å². The van der Waals surface area contributed by atoms with Gasteiger partial charge in [0.1, 0.15) is 0 Å². The molecule has 2 saturated heterocycles. The number of aliphatic carboxylic acids is 1. The molecule has 7 nitrogen and oxygen atoms in total. The average Bonchev–Trinajstić information content (AvgIpc) is 3.02. The van der Waals surface area contributed by atoms with Gasteiger partial charge in [0, 0.05) is 38.1 Å². The minimum absolute atomic E-state index is 0.00182. The van der Waals surface area contributed by atoms with Gasteiger partial charge in [0.15, 0.2) is 0 Å². The Kier molecular flexibility index (Phi) is 6.15. The highest BCUT2D eigenvalue weighted by molar-refractivity contribution is 8.00. The molecule has 0 aromatic heterocycles. The van der Waals surface area contributed by atoms with Gasteiger partial charge in [-0.15, -0.1) is 0 Å². The third kappa shape index (κ3) is 4.53. The highest BCUT2D eigenvalue weighted by Gasteiger charge is 2.46. The Morgan fingerprint density at radius 3 is 2.83 bits per heavy atom. The van der Waals surface area contributed by atoms with Crippen LogP contribution in [0.1, 0.15) is 32.1 Å². The largest absolute Gasteiger partial charge is 0.481 e. The molecule has 2 aliphatic heterocycles. The number of carbonyl (C=O) groups excluding carboxylic acids is 2. The van der Waals surface area contributed by atoms with Gasteiger partial charge in [-0.25, -0.2) is 4.79 Å². The van der Waals surface area contributed by atoms with Gasteiger partial charge in [-0.05, 0) is 12.8 Å². The molecule has 0 bridgehead atoms. The van der Waals surface area contributed by atoms with Gasteiger partial charge in [0.05, 0.1) is 18.5 Å². The van der Waals surface area contributed by atoms with Gasteiger partial charge in [-0.1, -0.05) is 6.42 Å². The number of rotatable bonds is 8. The quantitative estimate of drug-likeness (QED) is 0.507. The summed E-state index contributed by atoms with van der Waals surface area (Å²) in [7, 11) is 3.49. The second kappa shape index (κ2) is 7.90. The molecule has 0 radical (unpaired) electrons. The highest BCUT2D eigenvalue weighted by Crippen LogP contribution is 2.36. The minimum atomic E-state index is -0.888. The van der Waals surface area contributed by atoms with Crippen molar-refractivity contribution in [2.24, 2.45) is 0 Å². The van der Waals surface area contributed by atoms with Gasteiger partial charge in [0.25, 0.3) is 0 Å². The molecular weight excluding hydrogens is 318 g/mol. The average molecular weight is 343 g/mol. The van der Waals surface area contributed by atoms with Crippen LogP contribution >= 0.6 is 11.8 Å². The number of likely N-dealkylation sites (N-methyl/N-ethyl adjacent to an activating group) is 1. The van der Waals surface area contributed by atoms with Crippen molar-refractivity contribution in [3.05, 3.63) is 0 Å². The van der Waals surface area contributed by atoms with Crippen molar-refractivity contribution in [1.82, 2.24) is 15.1 Å². The molecule has 2 heterocycles. The zero-order chi connectivity index (χ0) is 17.0. The van der Waals surface area contributed by atoms with Crippen molar-refractivity contribution in [3.63, 3.8) is 0 Å². The Bertz CT molecular complexity index is 474. The van der Waals surface area contributed by atoms with E-state index in [1.54, 1.807) is 11.9 Å². The van der Waals surface area contributed by atoms with Crippen LogP contribution in [-0.2, 0) is 9.59 Å². The summed E-state index contributed by atoms with van der Waals surface area (Å²) in [6.45, 7) is 0.259. The number of thioether (sulfide) groups is 1. The fourth-order valence-electron chi connectivity index (χ4n) is 3.18. The van der Waals surface area contributed by atoms with E-state index < -0.39 is 5.97 Å². The van der Waals surface area contributed by atoms with Crippen molar-refractivity contribution in [2.45, 2.75) is 49.4 Å². The minimum Gasteiger partial charge on any atom is -0.481 e. The number of hydrogen-bond acceptors (Lipinski definition) is 4. The molecule has 0 aliphatic carbocycles. The topological polar surface area (TPSA) is 90.0 Å². The predicted octanol–water partition coefficient (Wildman–Crippen LogP) is 0.988. The van der Waals surface area contributed by atoms with E-state index in [2.05, 4.69) is 5.32 Å². The molecular formula is C15H25N3O4S. The summed E-state index contributed by atoms with van der Waals surface area (Å²) in [5.74, 6) is 0.0711. The van der Waals surface area contributed by atoms with Crippen LogP contribution in [-0.4, -0.2) is 76.5 Å². The molecule has 2 aliphatic rings. The van der Waals surface area contributed by atoms with Crippen LogP contribution in [0.4, 0.5) is 4.79 Å². The standard InChI is InChI=1S/C15H25N3O4S/c1-17(8-7-13(20)21)12(19)6-4-3-5-11-14-10(9-23-11)16-15(22)18(14)2/h10-11,14H,3-9H2,1-2H3,(H,16,22)(H,20,21)/t10?,11-,14-/m0/s1. The fourth-order valence-corrected chi connectivity index (χ4v) is 4.82. The molecule has 1 unspecified atom stereocenters. The Morgan fingerprint density at radius 2 is 2.13 bits per heavy atom. The summed E-state index contributed by atoms with van der Waals surface area (Å²) in [6.07, 6.45) is 3.18. The van der Waals surface area contributed by atoms with Crippen LogP contribution in [0.25, 0.3) is 0 Å². The Hall–Kier alpha value is -1.44. The zero-order valence-electron chi connectivity index (χ0n) is 13.7. The zero-order valence-corrected chi connectivity index (χ0v) is 14.5. The number of carboxylic acid groups (broad SMARTS) is 1. The first-order valence-corrected chi connectivity index (χ1v) is 9.05. The first-order valence-electron chi connectivity index (χ1n) is 8.01. The molecule has 2 rings (SSSR count). The van der Waals surface area contributed by atoms with Crippen molar-refractivity contribution in [3.8, 4) is 0 Å². The van der Waals surface area contributed by atoms with Crippen LogP contribution in [0.2, 0.25) is 0 Å². The lowest BCUT2D eigenvalue weighted by molar-refractivity contribution is -0.138. The van der Waals surface area contributed by atoms with Gasteiger partial charge < -0.3 is 20.2 Å². The number of amides is 3. The van der Waals surface area contributed by atoms with Gasteiger partial charge in [-0.3, -0.25) is 9.59 Å². The molecule has 23 heavy (non-hydrogen) atoms. The monoisotopic (exact) mass is 343 g/mol. The summed E-state index contributed by atoms with van der Waals surface area (Å²) in [5.41, 5.74) is 0. The third-order valence-corrected chi connectivity index (χ3v) is 6.07. The molecule has 0 aromatic rings.